The van der Waals surface area contributed by atoms with E-state index in [1.165, 1.54) is 37.2 Å². The number of H-pyrrole nitrogens is 2. The van der Waals surface area contributed by atoms with Crippen LogP contribution < -0.4 is 21.7 Å². The van der Waals surface area contributed by atoms with Gasteiger partial charge in [-0.3, -0.25) is 14.4 Å². The summed E-state index contributed by atoms with van der Waals surface area (Å²) < 4.78 is 0. The van der Waals surface area contributed by atoms with Crippen LogP contribution in [0.4, 0.5) is 0 Å². The second-order valence-corrected chi connectivity index (χ2v) is 8.22. The molecule has 2 heterocycles. The van der Waals surface area contributed by atoms with Crippen molar-refractivity contribution in [1.29, 1.82) is 0 Å². The fourth-order valence-electron chi connectivity index (χ4n) is 3.52. The zero-order valence-corrected chi connectivity index (χ0v) is 19.7. The first-order valence-corrected chi connectivity index (χ1v) is 11.3. The fraction of sp³-hybridized carbons (Fsp3) is 0.304. The van der Waals surface area contributed by atoms with Gasteiger partial charge in [0.15, 0.2) is 0 Å². The van der Waals surface area contributed by atoms with Crippen LogP contribution in [-0.2, 0) is 38.4 Å². The quantitative estimate of drug-likeness (QED) is 0.131. The molecule has 0 aliphatic carbocycles. The number of imidazole rings is 2. The maximum absolute atomic E-state index is 13.2. The van der Waals surface area contributed by atoms with Crippen molar-refractivity contribution in [1.82, 2.24) is 35.9 Å². The van der Waals surface area contributed by atoms with Gasteiger partial charge in [-0.15, -0.1) is 0 Å². The highest BCUT2D eigenvalue weighted by atomic mass is 16.4. The second-order valence-electron chi connectivity index (χ2n) is 8.22. The lowest BCUT2D eigenvalue weighted by atomic mass is 10.0. The number of phenols is 1. The molecule has 14 nitrogen and oxygen atoms in total. The van der Waals surface area contributed by atoms with Gasteiger partial charge < -0.3 is 41.9 Å². The minimum absolute atomic E-state index is 0.0170. The number of carboxylic acids is 1. The number of hydrogen-bond donors (Lipinski definition) is 8. The predicted octanol–water partition coefficient (Wildman–Crippen LogP) is -1.64. The standard InChI is InChI=1S/C23H28N8O6/c24-8-20(33)29-18(6-14-9-25-11-27-14)22(35)30-17(5-13-1-3-16(32)4-2-13)21(34)31-19(23(36)37)7-15-10-26-12-28-15/h1-4,9-12,17-19,32H,5-8,24H2,(H,25,27)(H,26,28)(H,29,33)(H,30,35)(H,31,34)(H,36,37). The molecule has 0 spiro atoms. The number of nitrogens with two attached hydrogens (primary N) is 1. The van der Waals surface area contributed by atoms with E-state index in [0.717, 1.165) is 0 Å². The van der Waals surface area contributed by atoms with Gasteiger partial charge in [0.1, 0.15) is 23.9 Å². The maximum Gasteiger partial charge on any atom is 0.326 e. The fourth-order valence-corrected chi connectivity index (χ4v) is 3.52. The Hall–Kier alpha value is -4.72. The minimum atomic E-state index is -1.30. The Kier molecular flexibility index (Phi) is 9.32. The van der Waals surface area contributed by atoms with Crippen LogP contribution in [-0.4, -0.2) is 78.5 Å². The highest BCUT2D eigenvalue weighted by Gasteiger charge is 2.30. The Labute approximate surface area is 211 Å². The number of aliphatic carboxylic acids is 1. The summed E-state index contributed by atoms with van der Waals surface area (Å²) in [6, 6.07) is 2.38. The molecule has 3 unspecified atom stereocenters. The van der Waals surface area contributed by atoms with Crippen LogP contribution in [0, 0.1) is 0 Å². The summed E-state index contributed by atoms with van der Waals surface area (Å²) in [5.74, 6) is -3.27. The third-order valence-electron chi connectivity index (χ3n) is 5.42. The Morgan fingerprint density at radius 1 is 0.811 bits per heavy atom. The Morgan fingerprint density at radius 3 is 1.81 bits per heavy atom. The number of nitrogens with zero attached hydrogens (tertiary/aromatic N) is 2. The van der Waals surface area contributed by atoms with Crippen molar-refractivity contribution in [2.45, 2.75) is 37.4 Å². The van der Waals surface area contributed by atoms with Crippen molar-refractivity contribution in [3.8, 4) is 5.75 Å². The van der Waals surface area contributed by atoms with Gasteiger partial charge in [0.05, 0.1) is 19.2 Å². The number of rotatable bonds is 13. The summed E-state index contributed by atoms with van der Waals surface area (Å²) in [6.07, 6.45) is 5.70. The highest BCUT2D eigenvalue weighted by Crippen LogP contribution is 2.12. The molecule has 37 heavy (non-hydrogen) atoms. The summed E-state index contributed by atoms with van der Waals surface area (Å²) >= 11 is 0. The molecule has 3 amide bonds. The lowest BCUT2D eigenvalue weighted by Crippen LogP contribution is -2.57. The van der Waals surface area contributed by atoms with Gasteiger partial charge in [0.2, 0.25) is 17.7 Å². The van der Waals surface area contributed by atoms with Gasteiger partial charge in [-0.25, -0.2) is 14.8 Å². The second kappa shape index (κ2) is 12.8. The molecule has 0 saturated heterocycles. The van der Waals surface area contributed by atoms with E-state index in [4.69, 9.17) is 5.73 Å². The molecule has 0 fully saturated rings. The monoisotopic (exact) mass is 512 g/mol. The summed E-state index contributed by atoms with van der Waals surface area (Å²) in [7, 11) is 0. The number of aromatic hydroxyl groups is 1. The molecule has 9 N–H and O–H groups in total. The SMILES string of the molecule is NCC(=O)NC(Cc1cnc[nH]1)C(=O)NC(Cc1ccc(O)cc1)C(=O)NC(Cc1cnc[nH]1)C(=O)O. The molecular formula is C23H28N8O6. The van der Waals surface area contributed by atoms with Crippen LogP contribution in [0.3, 0.4) is 0 Å². The number of carbonyl (C=O) groups is 4. The zero-order chi connectivity index (χ0) is 26.8. The summed E-state index contributed by atoms with van der Waals surface area (Å²) in [4.78, 5) is 63.6. The number of hydrogen-bond acceptors (Lipinski definition) is 8. The smallest absolute Gasteiger partial charge is 0.326 e. The first kappa shape index (κ1) is 26.9. The van der Waals surface area contributed by atoms with Crippen LogP contribution in [0.1, 0.15) is 17.0 Å². The van der Waals surface area contributed by atoms with Crippen molar-refractivity contribution in [2.75, 3.05) is 6.54 Å². The Bertz CT molecular complexity index is 1180. The van der Waals surface area contributed by atoms with Crippen molar-refractivity contribution >= 4 is 23.7 Å². The summed E-state index contributed by atoms with van der Waals surface area (Å²) in [5.41, 5.74) is 7.03. The van der Waals surface area contributed by atoms with E-state index in [1.807, 2.05) is 0 Å². The van der Waals surface area contributed by atoms with E-state index < -0.39 is 41.8 Å². The predicted molar refractivity (Wildman–Crippen MR) is 129 cm³/mol. The van der Waals surface area contributed by atoms with E-state index in [2.05, 4.69) is 35.9 Å². The maximum atomic E-state index is 13.2. The molecule has 0 radical (unpaired) electrons. The third-order valence-corrected chi connectivity index (χ3v) is 5.42. The number of carboxylic acid groups (broad SMARTS) is 1. The number of aromatic amines is 2. The number of aromatic nitrogens is 4. The highest BCUT2D eigenvalue weighted by molar-refractivity contribution is 5.94. The summed E-state index contributed by atoms with van der Waals surface area (Å²) in [5, 5.41) is 26.8. The normalized spacial score (nSPS) is 13.2. The molecule has 3 atom stereocenters. The van der Waals surface area contributed by atoms with Gasteiger partial charge in [-0.2, -0.15) is 0 Å². The van der Waals surface area contributed by atoms with Crippen molar-refractivity contribution in [3.05, 3.63) is 66.3 Å². The van der Waals surface area contributed by atoms with Crippen molar-refractivity contribution in [3.63, 3.8) is 0 Å². The number of amides is 3. The first-order valence-electron chi connectivity index (χ1n) is 11.3. The molecule has 14 heteroatoms. The number of carbonyl (C=O) groups excluding carboxylic acids is 3. The van der Waals surface area contributed by atoms with E-state index in [-0.39, 0.29) is 31.6 Å². The molecule has 0 aliphatic rings. The molecular weight excluding hydrogens is 484 g/mol. The molecule has 0 bridgehead atoms. The van der Waals surface area contributed by atoms with Crippen LogP contribution in [0.25, 0.3) is 0 Å². The van der Waals surface area contributed by atoms with E-state index in [1.54, 1.807) is 12.1 Å². The largest absolute Gasteiger partial charge is 0.508 e. The molecule has 1 aromatic carbocycles. The minimum Gasteiger partial charge on any atom is -0.508 e. The number of nitrogens with one attached hydrogen (secondary N) is 5. The van der Waals surface area contributed by atoms with Crippen molar-refractivity contribution < 1.29 is 29.4 Å². The average molecular weight is 513 g/mol. The van der Waals surface area contributed by atoms with Gasteiger partial charge in [0.25, 0.3) is 0 Å². The molecule has 0 aliphatic heterocycles. The van der Waals surface area contributed by atoms with Crippen LogP contribution >= 0.6 is 0 Å². The molecule has 3 rings (SSSR count). The van der Waals surface area contributed by atoms with Gasteiger partial charge in [-0.05, 0) is 17.7 Å². The van der Waals surface area contributed by atoms with Crippen molar-refractivity contribution in [2.24, 2.45) is 5.73 Å². The van der Waals surface area contributed by atoms with E-state index in [0.29, 0.717) is 17.0 Å². The number of phenolic OH excluding ortho intramolecular Hbond substituents is 1. The zero-order valence-electron chi connectivity index (χ0n) is 19.7. The van der Waals surface area contributed by atoms with Gasteiger partial charge in [0, 0.05) is 43.0 Å². The van der Waals surface area contributed by atoms with E-state index in [9.17, 15) is 29.4 Å². The lowest BCUT2D eigenvalue weighted by molar-refractivity contribution is -0.142. The molecule has 0 saturated carbocycles. The van der Waals surface area contributed by atoms with Gasteiger partial charge >= 0.3 is 5.97 Å². The molecule has 2 aromatic heterocycles. The van der Waals surface area contributed by atoms with Gasteiger partial charge in [-0.1, -0.05) is 12.1 Å². The topological polar surface area (TPSA) is 228 Å². The van der Waals surface area contributed by atoms with Crippen LogP contribution in [0.5, 0.6) is 5.75 Å². The third kappa shape index (κ3) is 8.17. The van der Waals surface area contributed by atoms with Crippen LogP contribution in [0.15, 0.2) is 49.3 Å². The summed E-state index contributed by atoms with van der Waals surface area (Å²) in [6.45, 7) is -0.349. The van der Waals surface area contributed by atoms with E-state index >= 15 is 0 Å². The molecule has 3 aromatic rings. The Balaban J connectivity index is 1.80. The Morgan fingerprint density at radius 2 is 1.32 bits per heavy atom. The molecule has 196 valence electrons. The first-order chi connectivity index (χ1) is 17.7. The van der Waals surface area contributed by atoms with Crippen LogP contribution in [0.2, 0.25) is 0 Å². The lowest BCUT2D eigenvalue weighted by Gasteiger charge is -2.24. The number of benzene rings is 1. The average Bonchev–Trinajstić information content (AvgIpc) is 3.58.